The molecule has 3 saturated heterocycles. The van der Waals surface area contributed by atoms with E-state index in [9.17, 15) is 9.18 Å². The maximum absolute atomic E-state index is 13.8. The van der Waals surface area contributed by atoms with Gasteiger partial charge in [0.25, 0.3) is 5.91 Å². The van der Waals surface area contributed by atoms with Gasteiger partial charge in [-0.05, 0) is 38.8 Å². The van der Waals surface area contributed by atoms with E-state index in [1.165, 1.54) is 10.9 Å². The summed E-state index contributed by atoms with van der Waals surface area (Å²) in [5.41, 5.74) is 7.38. The Bertz CT molecular complexity index is 1360. The topological polar surface area (TPSA) is 125 Å². The first-order valence-corrected chi connectivity index (χ1v) is 13.8. The molecule has 6 rings (SSSR count). The van der Waals surface area contributed by atoms with Crippen molar-refractivity contribution in [2.75, 3.05) is 36.5 Å². The van der Waals surface area contributed by atoms with Gasteiger partial charge in [0.15, 0.2) is 11.6 Å². The number of anilines is 2. The van der Waals surface area contributed by atoms with Gasteiger partial charge in [0.2, 0.25) is 5.95 Å². The minimum atomic E-state index is -0.858. The van der Waals surface area contributed by atoms with Crippen molar-refractivity contribution in [1.82, 2.24) is 40.5 Å². The van der Waals surface area contributed by atoms with E-state index < -0.39 is 11.4 Å². The van der Waals surface area contributed by atoms with Gasteiger partial charge in [-0.25, -0.2) is 24.5 Å². The zero-order chi connectivity index (χ0) is 27.9. The number of aryl methyl sites for hydroxylation is 1. The Labute approximate surface area is 232 Å². The third-order valence-corrected chi connectivity index (χ3v) is 7.98. The lowest BCUT2D eigenvalue weighted by atomic mass is 9.87. The fraction of sp³-hybridized carbons (Fsp3) is 0.519. The highest BCUT2D eigenvalue weighted by Crippen LogP contribution is 2.36. The number of carbonyl (C=O) groups is 1. The average Bonchev–Trinajstić information content (AvgIpc) is 3.57. The normalized spacial score (nSPS) is 23.6. The molecule has 0 aliphatic carbocycles. The third kappa shape index (κ3) is 5.23. The van der Waals surface area contributed by atoms with E-state index in [-0.39, 0.29) is 18.1 Å². The highest BCUT2D eigenvalue weighted by atomic mass is 19.1. The molecule has 0 bridgehead atoms. The van der Waals surface area contributed by atoms with Crippen LogP contribution < -0.4 is 21.1 Å². The first-order valence-electron chi connectivity index (χ1n) is 13.8. The quantitative estimate of drug-likeness (QED) is 0.420. The second-order valence-corrected chi connectivity index (χ2v) is 10.9. The molecule has 2 unspecified atom stereocenters. The summed E-state index contributed by atoms with van der Waals surface area (Å²) in [4.78, 5) is 31.7. The summed E-state index contributed by atoms with van der Waals surface area (Å²) in [6, 6.07) is 5.83. The highest BCUT2D eigenvalue weighted by molar-refractivity contribution is 5.86. The van der Waals surface area contributed by atoms with Gasteiger partial charge in [0.1, 0.15) is 11.4 Å². The fourth-order valence-electron chi connectivity index (χ4n) is 5.70. The van der Waals surface area contributed by atoms with Crippen molar-refractivity contribution in [1.29, 1.82) is 0 Å². The maximum atomic E-state index is 13.8. The van der Waals surface area contributed by atoms with Crippen LogP contribution in [0.5, 0.6) is 0 Å². The molecule has 0 radical (unpaired) electrons. The third-order valence-electron chi connectivity index (χ3n) is 7.98. The van der Waals surface area contributed by atoms with E-state index >= 15 is 0 Å². The molecule has 13 heteroatoms. The predicted molar refractivity (Wildman–Crippen MR) is 146 cm³/mol. The average molecular weight is 551 g/mol. The van der Waals surface area contributed by atoms with E-state index in [2.05, 4.69) is 43.1 Å². The SMILES string of the molecule is Cc1cc(NC2CC(C)NN2)nc(N2CCC3(CC2)OCCN([C@@H](C)c2ccc(-n4cc(F)cn4)nc2)C3=O)n1. The van der Waals surface area contributed by atoms with Gasteiger partial charge >= 0.3 is 0 Å². The second-order valence-electron chi connectivity index (χ2n) is 10.9. The van der Waals surface area contributed by atoms with Crippen LogP contribution in [0.15, 0.2) is 36.8 Å². The van der Waals surface area contributed by atoms with Crippen molar-refractivity contribution in [2.24, 2.45) is 0 Å². The van der Waals surface area contributed by atoms with Crippen LogP contribution >= 0.6 is 0 Å². The second kappa shape index (κ2) is 10.7. The summed E-state index contributed by atoms with van der Waals surface area (Å²) >= 11 is 0. The number of nitrogens with zero attached hydrogens (tertiary/aromatic N) is 7. The van der Waals surface area contributed by atoms with Crippen molar-refractivity contribution in [2.45, 2.75) is 63.9 Å². The number of hydrogen-bond donors (Lipinski definition) is 3. The van der Waals surface area contributed by atoms with Gasteiger partial charge in [0.05, 0.1) is 31.2 Å². The number of nitrogens with one attached hydrogen (secondary N) is 3. The molecule has 0 aromatic carbocycles. The van der Waals surface area contributed by atoms with Crippen LogP contribution in [0.2, 0.25) is 0 Å². The molecule has 1 spiro atoms. The maximum Gasteiger partial charge on any atom is 0.255 e. The van der Waals surface area contributed by atoms with Crippen LogP contribution in [0.1, 0.15) is 50.4 Å². The number of pyridine rings is 1. The van der Waals surface area contributed by atoms with E-state index in [1.54, 1.807) is 12.3 Å². The standard InChI is InChI=1S/C27H35FN10O2/c1-17-12-22(32-23-13-18(2)34-35-23)33-26(31-17)36-8-6-27(7-9-36)25(39)37(10-11-40-27)19(3)20-4-5-24(29-14-20)38-16-21(28)15-30-38/h4-5,12,14-16,18-19,23,34-35H,6-11,13H2,1-3H3,(H,31,32,33)/t18?,19-,23?/m0/s1. The summed E-state index contributed by atoms with van der Waals surface area (Å²) in [6.07, 6.45) is 6.30. The number of hydrazine groups is 1. The van der Waals surface area contributed by atoms with Gasteiger partial charge in [-0.15, -0.1) is 0 Å². The number of piperidine rings is 1. The monoisotopic (exact) mass is 550 g/mol. The summed E-state index contributed by atoms with van der Waals surface area (Å²) in [6.45, 7) is 8.32. The molecule has 3 aromatic heterocycles. The lowest BCUT2D eigenvalue weighted by Crippen LogP contribution is -2.61. The molecule has 3 aromatic rings. The molecule has 3 fully saturated rings. The number of halogens is 1. The molecule has 0 saturated carbocycles. The van der Waals surface area contributed by atoms with Crippen LogP contribution in [-0.2, 0) is 9.53 Å². The number of ether oxygens (including phenoxy) is 1. The molecule has 3 aliphatic heterocycles. The molecule has 6 heterocycles. The van der Waals surface area contributed by atoms with Crippen LogP contribution in [-0.4, -0.2) is 79.6 Å². The Morgan fingerprint density at radius 2 is 2.00 bits per heavy atom. The lowest BCUT2D eigenvalue weighted by Gasteiger charge is -2.47. The van der Waals surface area contributed by atoms with Crippen LogP contribution in [0.3, 0.4) is 0 Å². The number of carbonyl (C=O) groups excluding carboxylic acids is 1. The van der Waals surface area contributed by atoms with Gasteiger partial charge < -0.3 is 19.9 Å². The molecule has 212 valence electrons. The minimum absolute atomic E-state index is 0.00516. The Morgan fingerprint density at radius 1 is 1.18 bits per heavy atom. The Hall–Kier alpha value is -3.68. The summed E-state index contributed by atoms with van der Waals surface area (Å²) in [5, 5.41) is 7.40. The van der Waals surface area contributed by atoms with E-state index in [0.717, 1.165) is 29.7 Å². The molecule has 3 atom stereocenters. The largest absolute Gasteiger partial charge is 0.363 e. The van der Waals surface area contributed by atoms with Crippen molar-refractivity contribution in [3.05, 3.63) is 53.9 Å². The number of rotatable bonds is 6. The summed E-state index contributed by atoms with van der Waals surface area (Å²) in [7, 11) is 0. The smallest absolute Gasteiger partial charge is 0.255 e. The van der Waals surface area contributed by atoms with Gasteiger partial charge in [-0.2, -0.15) is 10.1 Å². The highest BCUT2D eigenvalue weighted by Gasteiger charge is 2.48. The first kappa shape index (κ1) is 26.5. The van der Waals surface area contributed by atoms with Gasteiger partial charge in [-0.3, -0.25) is 10.2 Å². The molecule has 3 N–H and O–H groups in total. The van der Waals surface area contributed by atoms with E-state index in [0.29, 0.717) is 56.9 Å². The predicted octanol–water partition coefficient (Wildman–Crippen LogP) is 2.09. The first-order chi connectivity index (χ1) is 19.3. The zero-order valence-corrected chi connectivity index (χ0v) is 23.0. The van der Waals surface area contributed by atoms with Crippen LogP contribution in [0.4, 0.5) is 16.2 Å². The number of morpholine rings is 1. The van der Waals surface area contributed by atoms with E-state index in [1.807, 2.05) is 30.9 Å². The summed E-state index contributed by atoms with van der Waals surface area (Å²) in [5.74, 6) is 1.53. The Balaban J connectivity index is 1.11. The van der Waals surface area contributed by atoms with Crippen molar-refractivity contribution < 1.29 is 13.9 Å². The molecule has 1 amide bonds. The molecular formula is C27H35FN10O2. The summed E-state index contributed by atoms with van der Waals surface area (Å²) < 4.78 is 20.9. The van der Waals surface area contributed by atoms with Gasteiger partial charge in [0, 0.05) is 56.5 Å². The lowest BCUT2D eigenvalue weighted by molar-refractivity contribution is -0.178. The molecule has 40 heavy (non-hydrogen) atoms. The Morgan fingerprint density at radius 3 is 2.67 bits per heavy atom. The van der Waals surface area contributed by atoms with E-state index in [4.69, 9.17) is 9.72 Å². The minimum Gasteiger partial charge on any atom is -0.363 e. The van der Waals surface area contributed by atoms with Crippen molar-refractivity contribution >= 4 is 17.7 Å². The number of aromatic nitrogens is 5. The van der Waals surface area contributed by atoms with Crippen LogP contribution in [0.25, 0.3) is 5.82 Å². The van der Waals surface area contributed by atoms with Gasteiger partial charge in [-0.1, -0.05) is 6.07 Å². The van der Waals surface area contributed by atoms with Crippen molar-refractivity contribution in [3.63, 3.8) is 0 Å². The molecule has 12 nitrogen and oxygen atoms in total. The van der Waals surface area contributed by atoms with Crippen LogP contribution in [0, 0.1) is 12.7 Å². The zero-order valence-electron chi connectivity index (χ0n) is 23.0. The number of amides is 1. The number of hydrogen-bond acceptors (Lipinski definition) is 10. The van der Waals surface area contributed by atoms with Crippen molar-refractivity contribution in [3.8, 4) is 5.82 Å². The molecular weight excluding hydrogens is 515 g/mol. The molecule has 3 aliphatic rings. The Kier molecular flexibility index (Phi) is 7.11. The fourth-order valence-corrected chi connectivity index (χ4v) is 5.70.